The summed E-state index contributed by atoms with van der Waals surface area (Å²) in [5.74, 6) is 0.00952. The number of carbonyl (C=O) groups is 1. The van der Waals surface area contributed by atoms with Crippen molar-refractivity contribution in [2.45, 2.75) is 50.4 Å². The molecule has 2 N–H and O–H groups in total. The van der Waals surface area contributed by atoms with Gasteiger partial charge in [-0.1, -0.05) is 0 Å². The van der Waals surface area contributed by atoms with Crippen molar-refractivity contribution in [2.24, 2.45) is 0 Å². The average Bonchev–Trinajstić information content (AvgIpc) is 2.85. The van der Waals surface area contributed by atoms with Gasteiger partial charge < -0.3 is 20.1 Å². The minimum Gasteiger partial charge on any atom is -0.381 e. The summed E-state index contributed by atoms with van der Waals surface area (Å²) in [7, 11) is 1.73. The molecule has 2 atom stereocenters. The van der Waals surface area contributed by atoms with E-state index in [0.29, 0.717) is 6.10 Å². The molecule has 2 aliphatic rings. The van der Waals surface area contributed by atoms with E-state index in [2.05, 4.69) is 10.6 Å². The van der Waals surface area contributed by atoms with Gasteiger partial charge in [0.25, 0.3) is 0 Å². The summed E-state index contributed by atoms with van der Waals surface area (Å²) in [5, 5.41) is 6.30. The summed E-state index contributed by atoms with van der Waals surface area (Å²) in [4.78, 5) is 11.7. The van der Waals surface area contributed by atoms with E-state index in [1.165, 1.54) is 0 Å². The van der Waals surface area contributed by atoms with Crippen LogP contribution < -0.4 is 10.6 Å². The molecule has 1 heterocycles. The molecular formula is C13H24N2O3. The molecule has 5 nitrogen and oxygen atoms in total. The molecule has 0 radical (unpaired) electrons. The number of methoxy groups -OCH3 is 1. The van der Waals surface area contributed by atoms with E-state index >= 15 is 0 Å². The molecular weight excluding hydrogens is 232 g/mol. The number of nitrogens with one attached hydrogen (secondary N) is 2. The third kappa shape index (κ3) is 4.23. The zero-order valence-corrected chi connectivity index (χ0v) is 11.1. The van der Waals surface area contributed by atoms with E-state index < -0.39 is 0 Å². The van der Waals surface area contributed by atoms with Crippen molar-refractivity contribution in [2.75, 3.05) is 26.8 Å². The van der Waals surface area contributed by atoms with Gasteiger partial charge in [0, 0.05) is 13.2 Å². The second kappa shape index (κ2) is 7.07. The Hall–Kier alpha value is -0.650. The molecule has 2 fully saturated rings. The zero-order chi connectivity index (χ0) is 12.8. The second-order valence-electron chi connectivity index (χ2n) is 5.20. The van der Waals surface area contributed by atoms with Gasteiger partial charge in [-0.25, -0.2) is 0 Å². The SMILES string of the molecule is COC1CCC(NC(=O)COC2CCNCC2)C1. The quantitative estimate of drug-likeness (QED) is 0.749. The van der Waals surface area contributed by atoms with Crippen LogP contribution in [0.2, 0.25) is 0 Å². The Balaban J connectivity index is 1.60. The van der Waals surface area contributed by atoms with Crippen LogP contribution in [0, 0.1) is 0 Å². The fraction of sp³-hybridized carbons (Fsp3) is 0.923. The Kier molecular flexibility index (Phi) is 5.41. The van der Waals surface area contributed by atoms with Crippen molar-refractivity contribution in [1.82, 2.24) is 10.6 Å². The highest BCUT2D eigenvalue weighted by atomic mass is 16.5. The smallest absolute Gasteiger partial charge is 0.246 e. The fourth-order valence-corrected chi connectivity index (χ4v) is 2.71. The standard InChI is InChI=1S/C13H24N2O3/c1-17-12-3-2-10(8-12)15-13(16)9-18-11-4-6-14-7-5-11/h10-12,14H,2-9H2,1H3,(H,15,16). The van der Waals surface area contributed by atoms with Crippen LogP contribution in [-0.4, -0.2) is 51.0 Å². The van der Waals surface area contributed by atoms with Crippen LogP contribution in [-0.2, 0) is 14.3 Å². The third-order valence-electron chi connectivity index (χ3n) is 3.82. The molecule has 1 saturated carbocycles. The molecule has 1 aliphatic heterocycles. The topological polar surface area (TPSA) is 59.6 Å². The molecule has 2 unspecified atom stereocenters. The van der Waals surface area contributed by atoms with Crippen LogP contribution in [0.25, 0.3) is 0 Å². The second-order valence-corrected chi connectivity index (χ2v) is 5.20. The van der Waals surface area contributed by atoms with Gasteiger partial charge in [0.15, 0.2) is 0 Å². The number of carbonyl (C=O) groups excluding carboxylic acids is 1. The predicted molar refractivity (Wildman–Crippen MR) is 68.4 cm³/mol. The highest BCUT2D eigenvalue weighted by Gasteiger charge is 2.25. The molecule has 1 amide bonds. The lowest BCUT2D eigenvalue weighted by Gasteiger charge is -2.23. The molecule has 5 heteroatoms. The van der Waals surface area contributed by atoms with Crippen molar-refractivity contribution >= 4 is 5.91 Å². The molecule has 18 heavy (non-hydrogen) atoms. The average molecular weight is 256 g/mol. The Morgan fingerprint density at radius 2 is 2.00 bits per heavy atom. The van der Waals surface area contributed by atoms with Crippen LogP contribution in [0.4, 0.5) is 0 Å². The van der Waals surface area contributed by atoms with Gasteiger partial charge in [-0.3, -0.25) is 4.79 Å². The first kappa shape index (κ1) is 13.8. The number of piperidine rings is 1. The number of ether oxygens (including phenoxy) is 2. The number of rotatable bonds is 5. The van der Waals surface area contributed by atoms with E-state index in [-0.39, 0.29) is 24.7 Å². The lowest BCUT2D eigenvalue weighted by atomic mass is 10.1. The van der Waals surface area contributed by atoms with E-state index in [4.69, 9.17) is 9.47 Å². The van der Waals surface area contributed by atoms with Crippen LogP contribution in [0.1, 0.15) is 32.1 Å². The normalized spacial score (nSPS) is 29.4. The fourth-order valence-electron chi connectivity index (χ4n) is 2.71. The van der Waals surface area contributed by atoms with Gasteiger partial charge in [0.2, 0.25) is 5.91 Å². The Labute approximate surface area is 109 Å². The lowest BCUT2D eigenvalue weighted by Crippen LogP contribution is -2.39. The molecule has 1 saturated heterocycles. The summed E-state index contributed by atoms with van der Waals surface area (Å²) in [6, 6.07) is 0.263. The number of amides is 1. The maximum atomic E-state index is 11.7. The predicted octanol–water partition coefficient (Wildman–Crippen LogP) is 0.439. The highest BCUT2D eigenvalue weighted by molar-refractivity contribution is 5.77. The molecule has 2 rings (SSSR count). The molecule has 0 spiro atoms. The minimum atomic E-state index is 0.00952. The summed E-state index contributed by atoms with van der Waals surface area (Å²) in [5.41, 5.74) is 0. The first-order valence-corrected chi connectivity index (χ1v) is 6.92. The van der Waals surface area contributed by atoms with Gasteiger partial charge >= 0.3 is 0 Å². The van der Waals surface area contributed by atoms with Crippen LogP contribution in [0.3, 0.4) is 0 Å². The molecule has 0 aromatic heterocycles. The number of hydrogen-bond acceptors (Lipinski definition) is 4. The van der Waals surface area contributed by atoms with Gasteiger partial charge in [-0.15, -0.1) is 0 Å². The van der Waals surface area contributed by atoms with Gasteiger partial charge in [0.05, 0.1) is 12.2 Å². The van der Waals surface area contributed by atoms with E-state index in [1.54, 1.807) is 7.11 Å². The maximum absolute atomic E-state index is 11.7. The molecule has 0 aromatic rings. The minimum absolute atomic E-state index is 0.00952. The third-order valence-corrected chi connectivity index (χ3v) is 3.82. The lowest BCUT2D eigenvalue weighted by molar-refractivity contribution is -0.128. The zero-order valence-electron chi connectivity index (χ0n) is 11.1. The summed E-state index contributed by atoms with van der Waals surface area (Å²) >= 11 is 0. The van der Waals surface area contributed by atoms with Gasteiger partial charge in [-0.05, 0) is 45.2 Å². The number of hydrogen-bond donors (Lipinski definition) is 2. The van der Waals surface area contributed by atoms with Crippen LogP contribution >= 0.6 is 0 Å². The van der Waals surface area contributed by atoms with Crippen molar-refractivity contribution in [3.8, 4) is 0 Å². The molecule has 0 bridgehead atoms. The highest BCUT2D eigenvalue weighted by Crippen LogP contribution is 2.21. The monoisotopic (exact) mass is 256 g/mol. The summed E-state index contributed by atoms with van der Waals surface area (Å²) < 4.78 is 10.9. The first-order valence-electron chi connectivity index (χ1n) is 6.92. The maximum Gasteiger partial charge on any atom is 0.246 e. The van der Waals surface area contributed by atoms with Crippen molar-refractivity contribution in [3.63, 3.8) is 0 Å². The van der Waals surface area contributed by atoms with Crippen LogP contribution in [0.15, 0.2) is 0 Å². The van der Waals surface area contributed by atoms with Crippen molar-refractivity contribution in [1.29, 1.82) is 0 Å². The van der Waals surface area contributed by atoms with Gasteiger partial charge in [-0.2, -0.15) is 0 Å². The van der Waals surface area contributed by atoms with E-state index in [0.717, 1.165) is 45.2 Å². The van der Waals surface area contributed by atoms with E-state index in [9.17, 15) is 4.79 Å². The largest absolute Gasteiger partial charge is 0.381 e. The van der Waals surface area contributed by atoms with Crippen molar-refractivity contribution < 1.29 is 14.3 Å². The van der Waals surface area contributed by atoms with Crippen LogP contribution in [0.5, 0.6) is 0 Å². The Bertz CT molecular complexity index is 267. The summed E-state index contributed by atoms with van der Waals surface area (Å²) in [6.45, 7) is 2.17. The van der Waals surface area contributed by atoms with E-state index in [1.807, 2.05) is 0 Å². The van der Waals surface area contributed by atoms with Gasteiger partial charge in [0.1, 0.15) is 6.61 Å². The van der Waals surface area contributed by atoms with Crippen molar-refractivity contribution in [3.05, 3.63) is 0 Å². The Morgan fingerprint density at radius 1 is 1.22 bits per heavy atom. The summed E-state index contributed by atoms with van der Waals surface area (Å²) in [6.07, 6.45) is 5.53. The first-order chi connectivity index (χ1) is 8.78. The Morgan fingerprint density at radius 3 is 2.67 bits per heavy atom. The molecule has 0 aromatic carbocycles. The molecule has 1 aliphatic carbocycles. The molecule has 104 valence electrons.